The van der Waals surface area contributed by atoms with Crippen LogP contribution in [0.5, 0.6) is 0 Å². The van der Waals surface area contributed by atoms with E-state index in [1.807, 2.05) is 17.3 Å². The zero-order valence-electron chi connectivity index (χ0n) is 15.3. The molecule has 0 bridgehead atoms. The van der Waals surface area contributed by atoms with Gasteiger partial charge in [-0.25, -0.2) is 4.98 Å². The van der Waals surface area contributed by atoms with Gasteiger partial charge in [0.15, 0.2) is 0 Å². The van der Waals surface area contributed by atoms with Gasteiger partial charge >= 0.3 is 0 Å². The number of nitrogens with zero attached hydrogens (tertiary/aromatic N) is 5. The summed E-state index contributed by atoms with van der Waals surface area (Å²) in [5.41, 5.74) is 2.37. The molecule has 1 aliphatic carbocycles. The quantitative estimate of drug-likeness (QED) is 0.878. The van der Waals surface area contributed by atoms with E-state index in [1.54, 1.807) is 0 Å². The van der Waals surface area contributed by atoms with Crippen molar-refractivity contribution in [2.24, 2.45) is 17.8 Å². The van der Waals surface area contributed by atoms with Gasteiger partial charge in [0.1, 0.15) is 5.82 Å². The molecule has 1 unspecified atom stereocenters. The van der Waals surface area contributed by atoms with Crippen LogP contribution < -0.4 is 0 Å². The van der Waals surface area contributed by atoms with Crippen LogP contribution in [-0.2, 0) is 30.8 Å². The van der Waals surface area contributed by atoms with Gasteiger partial charge in [-0.2, -0.15) is 5.10 Å². The lowest BCUT2D eigenvalue weighted by Crippen LogP contribution is -2.39. The molecule has 1 saturated heterocycles. The first-order valence-corrected chi connectivity index (χ1v) is 9.77. The second-order valence-corrected chi connectivity index (χ2v) is 7.97. The van der Waals surface area contributed by atoms with E-state index in [9.17, 15) is 4.79 Å². The predicted octanol–water partition coefficient (Wildman–Crippen LogP) is 1.28. The fraction of sp³-hybridized carbons (Fsp3) is 0.632. The Bertz CT molecular complexity index is 799. The number of likely N-dealkylation sites (tertiary alicyclic amines) is 1. The van der Waals surface area contributed by atoms with Gasteiger partial charge in [0.2, 0.25) is 5.91 Å². The minimum Gasteiger partial charge on any atom is -0.338 e. The predicted molar refractivity (Wildman–Crippen MR) is 96.0 cm³/mol. The zero-order valence-corrected chi connectivity index (χ0v) is 15.3. The van der Waals surface area contributed by atoms with E-state index in [0.29, 0.717) is 17.7 Å². The first-order valence-electron chi connectivity index (χ1n) is 9.77. The summed E-state index contributed by atoms with van der Waals surface area (Å²) in [5, 5.41) is 7.14. The van der Waals surface area contributed by atoms with Crippen LogP contribution >= 0.6 is 0 Å². The van der Waals surface area contributed by atoms with Gasteiger partial charge in [-0.3, -0.25) is 14.8 Å². The molecule has 5 rings (SSSR count). The minimum atomic E-state index is 0.245. The molecule has 138 valence electrons. The minimum absolute atomic E-state index is 0.245. The van der Waals surface area contributed by atoms with Crippen molar-refractivity contribution in [2.75, 3.05) is 19.6 Å². The summed E-state index contributed by atoms with van der Waals surface area (Å²) < 4.78 is 2.25. The van der Waals surface area contributed by atoms with Gasteiger partial charge in [-0.05, 0) is 18.3 Å². The van der Waals surface area contributed by atoms with Gasteiger partial charge in [-0.1, -0.05) is 6.92 Å². The highest BCUT2D eigenvalue weighted by Gasteiger charge is 2.60. The Hall–Kier alpha value is -2.15. The van der Waals surface area contributed by atoms with Crippen LogP contribution in [0.15, 0.2) is 18.6 Å². The van der Waals surface area contributed by atoms with Crippen LogP contribution in [0.25, 0.3) is 0 Å². The lowest BCUT2D eigenvalue weighted by Gasteiger charge is -2.28. The molecule has 3 atom stereocenters. The van der Waals surface area contributed by atoms with Crippen LogP contribution in [0.3, 0.4) is 0 Å². The van der Waals surface area contributed by atoms with Crippen LogP contribution in [0.1, 0.15) is 30.4 Å². The SMILES string of the molecule is CCCn1ccnc1CN1C[C@@H]2C(C(=O)N3CCc4[nH]ncc4C3)[C@@H]2C1. The number of hydrogen-bond donors (Lipinski definition) is 1. The highest BCUT2D eigenvalue weighted by Crippen LogP contribution is 2.53. The Balaban J connectivity index is 1.17. The second-order valence-electron chi connectivity index (χ2n) is 7.97. The number of aryl methyl sites for hydroxylation is 1. The fourth-order valence-electron chi connectivity index (χ4n) is 4.87. The van der Waals surface area contributed by atoms with Gasteiger partial charge < -0.3 is 9.47 Å². The Kier molecular flexibility index (Phi) is 3.85. The Morgan fingerprint density at radius 1 is 1.35 bits per heavy atom. The van der Waals surface area contributed by atoms with Gasteiger partial charge in [0.05, 0.1) is 12.7 Å². The summed E-state index contributed by atoms with van der Waals surface area (Å²) in [6.07, 6.45) is 7.86. The van der Waals surface area contributed by atoms with Gasteiger partial charge in [0.25, 0.3) is 0 Å². The van der Waals surface area contributed by atoms with Gasteiger partial charge in [0, 0.05) is 68.7 Å². The van der Waals surface area contributed by atoms with E-state index in [4.69, 9.17) is 0 Å². The van der Waals surface area contributed by atoms with Crippen molar-refractivity contribution < 1.29 is 4.79 Å². The molecule has 2 fully saturated rings. The van der Waals surface area contributed by atoms with Crippen molar-refractivity contribution in [3.05, 3.63) is 35.7 Å². The third kappa shape index (κ3) is 2.65. The first kappa shape index (κ1) is 16.1. The second kappa shape index (κ2) is 6.23. The number of amides is 1. The number of fused-ring (bicyclic) bond motifs is 2. The summed E-state index contributed by atoms with van der Waals surface area (Å²) in [5.74, 6) is 2.85. The maximum absolute atomic E-state index is 12.9. The standard InChI is InChI=1S/C19H26N6O/c1-2-5-24-7-4-20-17(24)12-23-10-14-15(11-23)18(14)19(26)25-6-3-16-13(9-25)8-21-22-16/h4,7-8,14-15,18H,2-3,5-6,9-12H2,1H3,(H,21,22)/t14-,15+,18?. The van der Waals surface area contributed by atoms with Crippen LogP contribution in [-0.4, -0.2) is 55.1 Å². The highest BCUT2D eigenvalue weighted by atomic mass is 16.2. The normalized spacial score (nSPS) is 27.4. The van der Waals surface area contributed by atoms with Crippen molar-refractivity contribution in [3.63, 3.8) is 0 Å². The first-order chi connectivity index (χ1) is 12.7. The van der Waals surface area contributed by atoms with Crippen molar-refractivity contribution >= 4 is 5.91 Å². The lowest BCUT2D eigenvalue weighted by molar-refractivity contribution is -0.134. The number of H-pyrrole nitrogens is 1. The summed E-state index contributed by atoms with van der Waals surface area (Å²) in [6.45, 7) is 7.74. The number of aromatic nitrogens is 4. The molecule has 7 heteroatoms. The lowest BCUT2D eigenvalue weighted by atomic mass is 10.1. The van der Waals surface area contributed by atoms with E-state index in [2.05, 4.69) is 37.8 Å². The number of aromatic amines is 1. The number of carbonyl (C=O) groups is 1. The number of carbonyl (C=O) groups excluding carboxylic acids is 1. The third-order valence-corrected chi connectivity index (χ3v) is 6.30. The van der Waals surface area contributed by atoms with Crippen LogP contribution in [0.2, 0.25) is 0 Å². The van der Waals surface area contributed by atoms with E-state index >= 15 is 0 Å². The monoisotopic (exact) mass is 354 g/mol. The molecule has 1 amide bonds. The topological polar surface area (TPSA) is 70.1 Å². The number of hydrogen-bond acceptors (Lipinski definition) is 4. The van der Waals surface area contributed by atoms with E-state index in [0.717, 1.165) is 57.9 Å². The zero-order chi connectivity index (χ0) is 17.7. The number of imidazole rings is 1. The highest BCUT2D eigenvalue weighted by molar-refractivity contribution is 5.83. The number of nitrogens with one attached hydrogen (secondary N) is 1. The maximum atomic E-state index is 12.9. The molecule has 2 aromatic rings. The largest absolute Gasteiger partial charge is 0.338 e. The molecule has 4 heterocycles. The molecule has 0 radical (unpaired) electrons. The third-order valence-electron chi connectivity index (χ3n) is 6.30. The molecule has 2 aromatic heterocycles. The van der Waals surface area contributed by atoms with E-state index < -0.39 is 0 Å². The molecule has 1 N–H and O–H groups in total. The van der Waals surface area contributed by atoms with Crippen molar-refractivity contribution in [1.82, 2.24) is 29.5 Å². The molecular weight excluding hydrogens is 328 g/mol. The van der Waals surface area contributed by atoms with Crippen molar-refractivity contribution in [1.29, 1.82) is 0 Å². The molecule has 0 aromatic carbocycles. The Morgan fingerprint density at radius 3 is 3.00 bits per heavy atom. The average molecular weight is 354 g/mol. The summed E-state index contributed by atoms with van der Waals surface area (Å²) >= 11 is 0. The van der Waals surface area contributed by atoms with Crippen molar-refractivity contribution in [2.45, 2.75) is 39.4 Å². The van der Waals surface area contributed by atoms with Gasteiger partial charge in [-0.15, -0.1) is 0 Å². The average Bonchev–Trinajstić information content (AvgIpc) is 3.10. The van der Waals surface area contributed by atoms with Crippen molar-refractivity contribution in [3.8, 4) is 0 Å². The number of rotatable bonds is 5. The molecule has 2 aliphatic heterocycles. The molecule has 26 heavy (non-hydrogen) atoms. The molecule has 3 aliphatic rings. The summed E-state index contributed by atoms with van der Waals surface area (Å²) in [4.78, 5) is 22.0. The molecule has 1 saturated carbocycles. The van der Waals surface area contributed by atoms with Crippen LogP contribution in [0.4, 0.5) is 0 Å². The Morgan fingerprint density at radius 2 is 2.19 bits per heavy atom. The fourth-order valence-corrected chi connectivity index (χ4v) is 4.87. The number of piperidine rings is 1. The molecule has 7 nitrogen and oxygen atoms in total. The summed E-state index contributed by atoms with van der Waals surface area (Å²) in [6, 6.07) is 0. The van der Waals surface area contributed by atoms with E-state index in [-0.39, 0.29) is 5.92 Å². The smallest absolute Gasteiger partial charge is 0.226 e. The summed E-state index contributed by atoms with van der Waals surface area (Å²) in [7, 11) is 0. The molecule has 0 spiro atoms. The maximum Gasteiger partial charge on any atom is 0.226 e. The molecular formula is C19H26N6O. The van der Waals surface area contributed by atoms with E-state index in [1.165, 1.54) is 11.3 Å². The van der Waals surface area contributed by atoms with Crippen LogP contribution in [0, 0.1) is 17.8 Å². The Labute approximate surface area is 153 Å².